The van der Waals surface area contributed by atoms with Crippen LogP contribution in [0.1, 0.15) is 121 Å². The number of nitrogen functional groups attached to an aromatic ring is 6. The molecule has 0 aliphatic carbocycles. The molecule has 0 unspecified atom stereocenters. The number of hydrogen-bond acceptors (Lipinski definition) is 20. The van der Waals surface area contributed by atoms with Gasteiger partial charge in [0.1, 0.15) is 65.2 Å². The van der Waals surface area contributed by atoms with Crippen LogP contribution >= 0.6 is 90.4 Å². The largest absolute Gasteiger partial charge is 0.478 e. The summed E-state index contributed by atoms with van der Waals surface area (Å²) in [5.41, 5.74) is 48.3. The second-order valence-corrected chi connectivity index (χ2v) is 23.8. The van der Waals surface area contributed by atoms with Gasteiger partial charge in [-0.2, -0.15) is 30.9 Å². The first-order valence-corrected chi connectivity index (χ1v) is 30.2. The zero-order valence-corrected chi connectivity index (χ0v) is 59.3. The van der Waals surface area contributed by atoms with Crippen molar-refractivity contribution in [3.8, 4) is 12.1 Å². The maximum atomic E-state index is 11.7. The minimum atomic E-state index is -1.01. The Hall–Kier alpha value is -8.37. The van der Waals surface area contributed by atoms with Gasteiger partial charge in [0, 0.05) is 47.0 Å². The summed E-state index contributed by atoms with van der Waals surface area (Å²) < 4.78 is 17.0. The van der Waals surface area contributed by atoms with Crippen LogP contribution in [-0.4, -0.2) is 103 Å². The molecule has 0 aromatic carbocycles. The number of carbonyl (C=O) groups excluding carboxylic acids is 2. The minimum absolute atomic E-state index is 0.172. The number of aryl methyl sites for hydroxylation is 6. The molecule has 28 nitrogen and oxygen atoms in total. The summed E-state index contributed by atoms with van der Waals surface area (Å²) in [6, 6.07) is 4.15. The van der Waals surface area contributed by atoms with Gasteiger partial charge in [-0.05, 0) is 226 Å². The summed E-state index contributed by atoms with van der Waals surface area (Å²) in [6.45, 7) is 27.0. The van der Waals surface area contributed by atoms with E-state index < -0.39 is 11.9 Å². The number of carboxylic acid groups (broad SMARTS) is 1. The number of ether oxygens (including phenoxy) is 1. The summed E-state index contributed by atoms with van der Waals surface area (Å²) in [5.74, 6) is 5.57. The van der Waals surface area contributed by atoms with Gasteiger partial charge in [0.25, 0.3) is 0 Å². The van der Waals surface area contributed by atoms with E-state index >= 15 is 0 Å². The van der Waals surface area contributed by atoms with Gasteiger partial charge in [-0.15, -0.1) is 0 Å². The summed E-state index contributed by atoms with van der Waals surface area (Å²) in [6.07, 6.45) is 6.41. The second-order valence-electron chi connectivity index (χ2n) is 19.5. The van der Waals surface area contributed by atoms with E-state index in [1.807, 2.05) is 80.7 Å². The van der Waals surface area contributed by atoms with Crippen LogP contribution in [-0.2, 0) is 4.74 Å². The molecule has 0 bridgehead atoms. The van der Waals surface area contributed by atoms with E-state index in [2.05, 4.69) is 160 Å². The van der Waals surface area contributed by atoms with Crippen LogP contribution in [0.3, 0.4) is 0 Å². The lowest BCUT2D eigenvalue weighted by Crippen LogP contribution is -2.12. The SMILES string of the molecule is COC(=O)c1c(C)c(C)n2ncnc(N)c12.Cc1[nH]c(C#N)c(I)c1C.Cc1[nH]c(C=O)c(I)c1C.Cc1c(C(=O)O)c2c(N)ncnn2c1C.Cc1c(I)c(C#N)n(N)c1C.Cc1c(I)c2c(N)ncnn2c1C.Cc1c(N)c2c(N)ncnn2c1C. The number of nitrogens with two attached hydrogens (primary N) is 6. The maximum absolute atomic E-state index is 11.7. The van der Waals surface area contributed by atoms with Gasteiger partial charge in [-0.3, -0.25) is 9.47 Å². The molecule has 0 spiro atoms. The zero-order valence-electron chi connectivity index (χ0n) is 50.7. The number of aromatic carboxylic acids is 1. The van der Waals surface area contributed by atoms with Crippen molar-refractivity contribution < 1.29 is 24.2 Å². The van der Waals surface area contributed by atoms with Crippen molar-refractivity contribution in [2.24, 2.45) is 0 Å². The minimum Gasteiger partial charge on any atom is -0.478 e. The van der Waals surface area contributed by atoms with E-state index in [0.717, 1.165) is 82.6 Å². The predicted octanol–water partition coefficient (Wildman–Crippen LogP) is 8.84. The molecule has 0 radical (unpaired) electrons. The molecule has 11 heterocycles. The molecular formula is C56H65I4N23O5. The molecule has 0 saturated carbocycles. The lowest BCUT2D eigenvalue weighted by atomic mass is 10.1. The highest BCUT2D eigenvalue weighted by molar-refractivity contribution is 14.1. The Bertz CT molecular complexity index is 4450. The lowest BCUT2D eigenvalue weighted by Gasteiger charge is -2.00. The zero-order chi connectivity index (χ0) is 66.2. The molecule has 0 aliphatic rings. The fourth-order valence-corrected chi connectivity index (χ4v) is 11.5. The first-order valence-electron chi connectivity index (χ1n) is 25.9. The molecule has 11 aromatic heterocycles. The molecule has 0 amide bonds. The average molecular weight is 1650 g/mol. The monoisotopic (exact) mass is 1650 g/mol. The fourth-order valence-electron chi connectivity index (χ4n) is 8.54. The number of nitrogens with zero attached hydrogens (tertiary/aromatic N) is 15. The number of aromatic amines is 2. The number of anilines is 5. The molecule has 0 aliphatic heterocycles. The Morgan fingerprint density at radius 3 is 1.24 bits per heavy atom. The number of halogens is 4. The fraction of sp³-hybridized carbons (Fsp3) is 0.268. The number of nitrogens with one attached hydrogen (secondary N) is 2. The van der Waals surface area contributed by atoms with Crippen LogP contribution in [0.15, 0.2) is 25.3 Å². The van der Waals surface area contributed by atoms with Gasteiger partial charge in [0.05, 0.1) is 36.8 Å². The Morgan fingerprint density at radius 2 is 0.909 bits per heavy atom. The summed E-state index contributed by atoms with van der Waals surface area (Å²) in [5, 5.41) is 42.6. The third-order valence-corrected chi connectivity index (χ3v) is 20.0. The quantitative estimate of drug-likeness (QED) is 0.0345. The van der Waals surface area contributed by atoms with Gasteiger partial charge in [0.15, 0.2) is 35.3 Å². The molecule has 11 aromatic rings. The molecular weight excluding hydrogens is 1580 g/mol. The average Bonchev–Trinajstić information content (AvgIpc) is 2.16. The third-order valence-electron chi connectivity index (χ3n) is 14.6. The molecule has 0 fully saturated rings. The van der Waals surface area contributed by atoms with Gasteiger partial charge < -0.3 is 54.3 Å². The van der Waals surface area contributed by atoms with Crippen molar-refractivity contribution in [3.63, 3.8) is 0 Å². The van der Waals surface area contributed by atoms with Crippen LogP contribution in [0.25, 0.3) is 22.1 Å². The first-order chi connectivity index (χ1) is 41.3. The Morgan fingerprint density at radius 1 is 0.523 bits per heavy atom. The Kier molecular flexibility index (Phi) is 23.6. The number of fused-ring (bicyclic) bond motifs is 4. The molecule has 88 heavy (non-hydrogen) atoms. The van der Waals surface area contributed by atoms with Crippen molar-refractivity contribution in [2.45, 2.75) is 96.9 Å². The predicted molar refractivity (Wildman–Crippen MR) is 370 cm³/mol. The smallest absolute Gasteiger partial charge is 0.340 e. The van der Waals surface area contributed by atoms with Crippen molar-refractivity contribution in [1.82, 2.24) is 73.0 Å². The van der Waals surface area contributed by atoms with E-state index in [-0.39, 0.29) is 17.2 Å². The first kappa shape index (κ1) is 70.4. The summed E-state index contributed by atoms with van der Waals surface area (Å²) in [4.78, 5) is 54.6. The van der Waals surface area contributed by atoms with E-state index in [9.17, 15) is 14.4 Å². The van der Waals surface area contributed by atoms with Crippen molar-refractivity contribution >= 4 is 160 Å². The highest BCUT2D eigenvalue weighted by Crippen LogP contribution is 2.29. The van der Waals surface area contributed by atoms with Crippen LogP contribution in [0, 0.1) is 134 Å². The van der Waals surface area contributed by atoms with Crippen LogP contribution in [0.5, 0.6) is 0 Å². The normalized spacial score (nSPS) is 10.4. The molecule has 32 heteroatoms. The third kappa shape index (κ3) is 14.1. The van der Waals surface area contributed by atoms with Crippen molar-refractivity contribution in [1.29, 1.82) is 10.5 Å². The standard InChI is InChI=1S/C10H12N4O2.C9H10N4O2.C8H9IN4.C8H11N5.C7H8IN3.C7H7IN2.C7H8INO/c1-5-6(2)14-8(7(5)10(15)16-3)9(11)12-4-13-14;1-4-5(2)13-7(6(4)9(14)15)8(10)11-3-12-13;2*1-4-5(2)13-7(6(4)9)8(10)11-3-12-13;1-4-5(2)11(10)6(3-9)7(4)8;1-4-5(2)10-6(3-9)7(4)8;1-4-5(2)9-6(3-10)7(4)8/h4H,1-3H3,(H2,11,12,13);3H,1-2H3,(H,14,15)(H2,10,11,12);3H,1-2H3,(H2,10,11,12);3H,9H2,1-2H3,(H2,10,11,12);10H2,1-2H3;10H,1-2H3;3,9H,1-2H3. The highest BCUT2D eigenvalue weighted by Gasteiger charge is 2.23. The number of carboxylic acids is 1. The topological polar surface area (TPSA) is 442 Å². The van der Waals surface area contributed by atoms with Gasteiger partial charge in [-0.25, -0.2) is 47.6 Å². The molecule has 15 N–H and O–H groups in total. The van der Waals surface area contributed by atoms with Gasteiger partial charge >= 0.3 is 11.9 Å². The molecule has 11 rings (SSSR count). The lowest BCUT2D eigenvalue weighted by molar-refractivity contribution is 0.0601. The van der Waals surface area contributed by atoms with Crippen molar-refractivity contribution in [3.05, 3.63) is 147 Å². The number of esters is 1. The molecule has 462 valence electrons. The van der Waals surface area contributed by atoms with Crippen LogP contribution < -0.4 is 34.5 Å². The van der Waals surface area contributed by atoms with E-state index in [1.165, 1.54) is 58.3 Å². The molecule has 0 saturated heterocycles. The van der Waals surface area contributed by atoms with E-state index in [4.69, 9.17) is 54.9 Å². The van der Waals surface area contributed by atoms with Crippen LogP contribution in [0.4, 0.5) is 29.0 Å². The van der Waals surface area contributed by atoms with Crippen LogP contribution in [0.2, 0.25) is 0 Å². The summed E-state index contributed by atoms with van der Waals surface area (Å²) in [7, 11) is 1.33. The number of aldehydes is 1. The number of carbonyl (C=O) groups is 3. The summed E-state index contributed by atoms with van der Waals surface area (Å²) >= 11 is 8.73. The maximum Gasteiger partial charge on any atom is 0.340 e. The Labute approximate surface area is 559 Å². The Balaban J connectivity index is 0.000000188. The second kappa shape index (κ2) is 29.6. The number of H-pyrrole nitrogens is 2. The molecule has 0 atom stereocenters. The van der Waals surface area contributed by atoms with Crippen molar-refractivity contribution in [2.75, 3.05) is 41.6 Å². The number of rotatable bonds is 3. The number of nitriles is 2. The van der Waals surface area contributed by atoms with E-state index in [0.29, 0.717) is 62.1 Å². The number of hydrogen-bond donors (Lipinski definition) is 9. The van der Waals surface area contributed by atoms with E-state index in [1.54, 1.807) is 22.9 Å². The van der Waals surface area contributed by atoms with Gasteiger partial charge in [0.2, 0.25) is 0 Å². The highest BCUT2D eigenvalue weighted by atomic mass is 127. The number of aromatic nitrogens is 15. The number of methoxy groups -OCH3 is 1. The van der Waals surface area contributed by atoms with Gasteiger partial charge in [-0.1, -0.05) is 0 Å².